The Labute approximate surface area is 138 Å². The monoisotopic (exact) mass is 307 g/mol. The topological polar surface area (TPSA) is 20.3 Å². The van der Waals surface area contributed by atoms with Crippen LogP contribution >= 0.6 is 0 Å². The first kappa shape index (κ1) is 19.3. The SMILES string of the molecule is C=CCCCCCCCCCCCC(=O)N1CCCCCC1. The number of carbonyl (C=O) groups excluding carboxylic acids is 1. The summed E-state index contributed by atoms with van der Waals surface area (Å²) in [5.41, 5.74) is 0. The third kappa shape index (κ3) is 10.0. The summed E-state index contributed by atoms with van der Waals surface area (Å²) in [5, 5.41) is 0. The smallest absolute Gasteiger partial charge is 0.222 e. The normalized spacial score (nSPS) is 15.5. The van der Waals surface area contributed by atoms with Crippen LogP contribution < -0.4 is 0 Å². The van der Waals surface area contributed by atoms with Gasteiger partial charge in [-0.1, -0.05) is 63.9 Å². The molecule has 2 heteroatoms. The number of carbonyl (C=O) groups is 1. The predicted molar refractivity (Wildman–Crippen MR) is 96.0 cm³/mol. The van der Waals surface area contributed by atoms with Crippen molar-refractivity contribution in [3.8, 4) is 0 Å². The summed E-state index contributed by atoms with van der Waals surface area (Å²) in [6, 6.07) is 0. The van der Waals surface area contributed by atoms with Gasteiger partial charge in [-0.05, 0) is 32.1 Å². The highest BCUT2D eigenvalue weighted by molar-refractivity contribution is 5.76. The molecule has 0 aromatic heterocycles. The molecule has 0 aromatic rings. The number of likely N-dealkylation sites (tertiary alicyclic amines) is 1. The van der Waals surface area contributed by atoms with Crippen molar-refractivity contribution >= 4 is 5.91 Å². The van der Waals surface area contributed by atoms with Crippen LogP contribution in [0.2, 0.25) is 0 Å². The fourth-order valence-corrected chi connectivity index (χ4v) is 3.28. The van der Waals surface area contributed by atoms with E-state index < -0.39 is 0 Å². The maximum atomic E-state index is 12.1. The lowest BCUT2D eigenvalue weighted by Crippen LogP contribution is -2.31. The van der Waals surface area contributed by atoms with Gasteiger partial charge in [0.15, 0.2) is 0 Å². The third-order valence-electron chi connectivity index (χ3n) is 4.76. The summed E-state index contributed by atoms with van der Waals surface area (Å²) in [4.78, 5) is 14.2. The van der Waals surface area contributed by atoms with Crippen molar-refractivity contribution in [2.45, 2.75) is 96.3 Å². The van der Waals surface area contributed by atoms with Gasteiger partial charge >= 0.3 is 0 Å². The van der Waals surface area contributed by atoms with Crippen molar-refractivity contribution < 1.29 is 4.79 Å². The largest absolute Gasteiger partial charge is 0.343 e. The molecule has 1 heterocycles. The lowest BCUT2D eigenvalue weighted by atomic mass is 10.1. The average Bonchev–Trinajstić information content (AvgIpc) is 2.81. The minimum absolute atomic E-state index is 0.407. The second-order valence-corrected chi connectivity index (χ2v) is 6.80. The molecule has 1 rings (SSSR count). The third-order valence-corrected chi connectivity index (χ3v) is 4.76. The van der Waals surface area contributed by atoms with Crippen LogP contribution in [-0.4, -0.2) is 23.9 Å². The molecule has 0 atom stereocenters. The van der Waals surface area contributed by atoms with E-state index in [-0.39, 0.29) is 0 Å². The maximum Gasteiger partial charge on any atom is 0.222 e. The Morgan fingerprint density at radius 2 is 1.27 bits per heavy atom. The van der Waals surface area contributed by atoms with Gasteiger partial charge in [0, 0.05) is 19.5 Å². The molecule has 22 heavy (non-hydrogen) atoms. The van der Waals surface area contributed by atoms with E-state index in [2.05, 4.69) is 11.5 Å². The van der Waals surface area contributed by atoms with E-state index in [1.165, 1.54) is 83.5 Å². The molecular weight excluding hydrogens is 270 g/mol. The molecule has 1 saturated heterocycles. The summed E-state index contributed by atoms with van der Waals surface area (Å²) in [6.45, 7) is 5.77. The molecule has 0 spiro atoms. The minimum Gasteiger partial charge on any atom is -0.343 e. The Kier molecular flexibility index (Phi) is 12.1. The first-order valence-electron chi connectivity index (χ1n) is 9.73. The van der Waals surface area contributed by atoms with Crippen LogP contribution in [0, 0.1) is 0 Å². The zero-order chi connectivity index (χ0) is 15.9. The number of hydrogen-bond donors (Lipinski definition) is 0. The molecule has 0 bridgehead atoms. The predicted octanol–water partition coefficient (Wildman–Crippen LogP) is 5.87. The summed E-state index contributed by atoms with van der Waals surface area (Å²) in [6.07, 6.45) is 20.8. The van der Waals surface area contributed by atoms with E-state index in [1.54, 1.807) is 0 Å². The molecule has 0 aliphatic carbocycles. The molecule has 2 nitrogen and oxygen atoms in total. The fraction of sp³-hybridized carbons (Fsp3) is 0.850. The highest BCUT2D eigenvalue weighted by Crippen LogP contribution is 2.14. The quantitative estimate of drug-likeness (QED) is 0.326. The molecule has 128 valence electrons. The van der Waals surface area contributed by atoms with Gasteiger partial charge in [0.05, 0.1) is 0 Å². The van der Waals surface area contributed by atoms with Crippen LogP contribution in [0.25, 0.3) is 0 Å². The molecule has 0 radical (unpaired) electrons. The van der Waals surface area contributed by atoms with Crippen molar-refractivity contribution in [3.05, 3.63) is 12.7 Å². The molecule has 1 aliphatic rings. The Morgan fingerprint density at radius 3 is 1.82 bits per heavy atom. The Morgan fingerprint density at radius 1 is 0.773 bits per heavy atom. The van der Waals surface area contributed by atoms with Crippen LogP contribution in [0.5, 0.6) is 0 Å². The van der Waals surface area contributed by atoms with E-state index in [4.69, 9.17) is 0 Å². The van der Waals surface area contributed by atoms with Crippen molar-refractivity contribution in [2.75, 3.05) is 13.1 Å². The molecule has 1 aliphatic heterocycles. The highest BCUT2D eigenvalue weighted by Gasteiger charge is 2.14. The maximum absolute atomic E-state index is 12.1. The Bertz CT molecular complexity index is 279. The molecule has 0 N–H and O–H groups in total. The molecule has 1 fully saturated rings. The van der Waals surface area contributed by atoms with Gasteiger partial charge in [0.2, 0.25) is 5.91 Å². The summed E-state index contributed by atoms with van der Waals surface area (Å²) in [7, 11) is 0. The van der Waals surface area contributed by atoms with Crippen LogP contribution in [-0.2, 0) is 4.79 Å². The highest BCUT2D eigenvalue weighted by atomic mass is 16.2. The van der Waals surface area contributed by atoms with Gasteiger partial charge in [-0.15, -0.1) is 6.58 Å². The van der Waals surface area contributed by atoms with Crippen molar-refractivity contribution in [1.29, 1.82) is 0 Å². The molecule has 0 aromatic carbocycles. The van der Waals surface area contributed by atoms with E-state index in [0.29, 0.717) is 5.91 Å². The van der Waals surface area contributed by atoms with E-state index >= 15 is 0 Å². The summed E-state index contributed by atoms with van der Waals surface area (Å²) in [5.74, 6) is 0.407. The Hall–Kier alpha value is -0.790. The number of hydrogen-bond acceptors (Lipinski definition) is 1. The number of rotatable bonds is 12. The lowest BCUT2D eigenvalue weighted by molar-refractivity contribution is -0.131. The second-order valence-electron chi connectivity index (χ2n) is 6.80. The number of nitrogens with zero attached hydrogens (tertiary/aromatic N) is 1. The first-order chi connectivity index (χ1) is 10.8. The lowest BCUT2D eigenvalue weighted by Gasteiger charge is -2.20. The Balaban J connectivity index is 1.86. The zero-order valence-corrected chi connectivity index (χ0v) is 14.7. The average molecular weight is 308 g/mol. The van der Waals surface area contributed by atoms with Gasteiger partial charge in [0.25, 0.3) is 0 Å². The van der Waals surface area contributed by atoms with Crippen molar-refractivity contribution in [2.24, 2.45) is 0 Å². The summed E-state index contributed by atoms with van der Waals surface area (Å²) >= 11 is 0. The van der Waals surface area contributed by atoms with Gasteiger partial charge in [0.1, 0.15) is 0 Å². The van der Waals surface area contributed by atoms with Gasteiger partial charge in [-0.2, -0.15) is 0 Å². The molecule has 0 unspecified atom stereocenters. The van der Waals surface area contributed by atoms with E-state index in [9.17, 15) is 4.79 Å². The van der Waals surface area contributed by atoms with Crippen LogP contribution in [0.3, 0.4) is 0 Å². The molecule has 1 amide bonds. The molecule has 0 saturated carbocycles. The van der Waals surface area contributed by atoms with Gasteiger partial charge < -0.3 is 4.90 Å². The van der Waals surface area contributed by atoms with Crippen LogP contribution in [0.4, 0.5) is 0 Å². The van der Waals surface area contributed by atoms with E-state index in [1.807, 2.05) is 6.08 Å². The van der Waals surface area contributed by atoms with Crippen molar-refractivity contribution in [3.63, 3.8) is 0 Å². The standard InChI is InChI=1S/C20H37NO/c1-2-3-4-5-6-7-8-9-10-11-14-17-20(22)21-18-15-12-13-16-19-21/h2H,1,3-19H2. The number of allylic oxidation sites excluding steroid dienone is 1. The molecular formula is C20H37NO. The second kappa shape index (κ2) is 13.8. The minimum atomic E-state index is 0.407. The zero-order valence-electron chi connectivity index (χ0n) is 14.7. The van der Waals surface area contributed by atoms with Crippen LogP contribution in [0.15, 0.2) is 12.7 Å². The van der Waals surface area contributed by atoms with Crippen LogP contribution in [0.1, 0.15) is 96.3 Å². The number of amides is 1. The first-order valence-corrected chi connectivity index (χ1v) is 9.73. The fourth-order valence-electron chi connectivity index (χ4n) is 3.28. The van der Waals surface area contributed by atoms with Gasteiger partial charge in [-0.25, -0.2) is 0 Å². The van der Waals surface area contributed by atoms with Crippen molar-refractivity contribution in [1.82, 2.24) is 4.90 Å². The number of unbranched alkanes of at least 4 members (excludes halogenated alkanes) is 9. The van der Waals surface area contributed by atoms with Gasteiger partial charge in [-0.3, -0.25) is 4.79 Å². The summed E-state index contributed by atoms with van der Waals surface area (Å²) < 4.78 is 0. The van der Waals surface area contributed by atoms with E-state index in [0.717, 1.165) is 25.9 Å².